The normalized spacial score (nSPS) is 13.2. The summed E-state index contributed by atoms with van der Waals surface area (Å²) in [4.78, 5) is 26.6. The van der Waals surface area contributed by atoms with Gasteiger partial charge in [0.05, 0.1) is 6.61 Å². The van der Waals surface area contributed by atoms with Gasteiger partial charge in [-0.2, -0.15) is 0 Å². The number of rotatable bonds is 8. The van der Waals surface area contributed by atoms with Crippen LogP contribution in [0.5, 0.6) is 0 Å². The Hall–Kier alpha value is -2.60. The van der Waals surface area contributed by atoms with Gasteiger partial charge in [-0.3, -0.25) is 4.79 Å². The van der Waals surface area contributed by atoms with Crippen LogP contribution in [0.2, 0.25) is 0 Å². The fourth-order valence-electron chi connectivity index (χ4n) is 2.43. The molecule has 1 aromatic heterocycles. The fraction of sp³-hybridized carbons (Fsp3) is 0.333. The predicted octanol–water partition coefficient (Wildman–Crippen LogP) is 2.22. The molecular formula is C18H22N2O4. The lowest BCUT2D eigenvalue weighted by Gasteiger charge is -2.25. The molecule has 128 valence electrons. The number of aryl methyl sites for hydroxylation is 1. The maximum absolute atomic E-state index is 12.0. The summed E-state index contributed by atoms with van der Waals surface area (Å²) in [6, 6.07) is 13.8. The monoisotopic (exact) mass is 330 g/mol. The number of benzene rings is 1. The van der Waals surface area contributed by atoms with Crippen LogP contribution in [-0.2, 0) is 20.7 Å². The van der Waals surface area contributed by atoms with Crippen molar-refractivity contribution in [1.29, 1.82) is 0 Å². The molecular weight excluding hydrogens is 308 g/mol. The molecule has 24 heavy (non-hydrogen) atoms. The first-order valence-electron chi connectivity index (χ1n) is 7.71. The average molecular weight is 330 g/mol. The van der Waals surface area contributed by atoms with E-state index >= 15 is 0 Å². The molecule has 0 saturated carbocycles. The van der Waals surface area contributed by atoms with E-state index < -0.39 is 11.5 Å². The summed E-state index contributed by atoms with van der Waals surface area (Å²) in [5.74, 6) is -1.45. The van der Waals surface area contributed by atoms with E-state index in [4.69, 9.17) is 4.74 Å². The van der Waals surface area contributed by atoms with Crippen LogP contribution in [0.4, 0.5) is 0 Å². The lowest BCUT2D eigenvalue weighted by molar-refractivity contribution is -0.149. The molecule has 0 fully saturated rings. The quantitative estimate of drug-likeness (QED) is 0.692. The molecule has 3 N–H and O–H groups in total. The number of aliphatic carboxylic acids is 1. The minimum absolute atomic E-state index is 0.0886. The zero-order valence-electron chi connectivity index (χ0n) is 13.8. The number of hydrogen-bond acceptors (Lipinski definition) is 3. The van der Waals surface area contributed by atoms with Crippen LogP contribution in [0, 0.1) is 0 Å². The molecule has 0 bridgehead atoms. The van der Waals surface area contributed by atoms with E-state index in [1.807, 2.05) is 42.5 Å². The van der Waals surface area contributed by atoms with Crippen molar-refractivity contribution in [3.63, 3.8) is 0 Å². The zero-order chi connectivity index (χ0) is 17.6. The number of ether oxygens (including phenoxy) is 1. The van der Waals surface area contributed by atoms with E-state index in [2.05, 4.69) is 10.3 Å². The number of carbonyl (C=O) groups is 2. The highest BCUT2D eigenvalue weighted by Gasteiger charge is 2.34. The minimum atomic E-state index is -1.42. The maximum Gasteiger partial charge on any atom is 0.331 e. The molecule has 0 aliphatic heterocycles. The smallest absolute Gasteiger partial charge is 0.331 e. The summed E-state index contributed by atoms with van der Waals surface area (Å²) in [6.07, 6.45) is 0.697. The van der Waals surface area contributed by atoms with E-state index in [1.165, 1.54) is 14.0 Å². The number of hydrogen-bond donors (Lipinski definition) is 3. The molecule has 6 heteroatoms. The van der Waals surface area contributed by atoms with E-state index in [9.17, 15) is 14.7 Å². The van der Waals surface area contributed by atoms with Crippen LogP contribution in [0.25, 0.3) is 11.3 Å². The first-order chi connectivity index (χ1) is 11.4. The average Bonchev–Trinajstić information content (AvgIpc) is 3.03. The second-order valence-electron chi connectivity index (χ2n) is 5.88. The number of methoxy groups -OCH3 is 1. The molecule has 1 amide bonds. The Labute approximate surface area is 140 Å². The van der Waals surface area contributed by atoms with Gasteiger partial charge in [-0.1, -0.05) is 30.3 Å². The summed E-state index contributed by atoms with van der Waals surface area (Å²) < 4.78 is 4.88. The van der Waals surface area contributed by atoms with Crippen molar-refractivity contribution in [2.45, 2.75) is 25.3 Å². The third kappa shape index (κ3) is 4.45. The van der Waals surface area contributed by atoms with Crippen molar-refractivity contribution >= 4 is 11.9 Å². The molecule has 1 heterocycles. The zero-order valence-corrected chi connectivity index (χ0v) is 13.8. The summed E-state index contributed by atoms with van der Waals surface area (Å²) in [7, 11) is 1.40. The second kappa shape index (κ2) is 7.79. The first kappa shape index (κ1) is 17.7. The van der Waals surface area contributed by atoms with Crippen LogP contribution >= 0.6 is 0 Å². The molecule has 0 radical (unpaired) electrons. The van der Waals surface area contributed by atoms with Crippen molar-refractivity contribution in [2.24, 2.45) is 0 Å². The van der Waals surface area contributed by atoms with Gasteiger partial charge in [-0.15, -0.1) is 0 Å². The Balaban J connectivity index is 1.93. The van der Waals surface area contributed by atoms with Crippen LogP contribution in [0.1, 0.15) is 19.0 Å². The van der Waals surface area contributed by atoms with Gasteiger partial charge in [-0.25, -0.2) is 4.79 Å². The van der Waals surface area contributed by atoms with Crippen LogP contribution < -0.4 is 5.32 Å². The number of carboxylic acid groups (broad SMARTS) is 1. The largest absolute Gasteiger partial charge is 0.479 e. The number of nitrogens with one attached hydrogen (secondary N) is 2. The van der Waals surface area contributed by atoms with E-state index in [0.29, 0.717) is 6.42 Å². The van der Waals surface area contributed by atoms with Crippen LogP contribution in [-0.4, -0.2) is 41.2 Å². The Bertz CT molecular complexity index is 696. The standard InChI is InChI=1S/C18H22N2O4/c1-18(12-24-2,17(22)23)20-16(21)11-9-14-8-10-15(19-14)13-6-4-3-5-7-13/h3-8,10,19H,9,11-12H2,1-2H3,(H,20,21)(H,22,23). The number of aromatic nitrogens is 1. The SMILES string of the molecule is COCC(C)(NC(=O)CCc1ccc(-c2ccccc2)[nH]1)C(=O)O. The van der Waals surface area contributed by atoms with Crippen molar-refractivity contribution in [3.05, 3.63) is 48.2 Å². The molecule has 2 rings (SSSR count). The molecule has 0 spiro atoms. The number of aromatic amines is 1. The third-order valence-corrected chi connectivity index (χ3v) is 3.77. The van der Waals surface area contributed by atoms with E-state index in [0.717, 1.165) is 17.0 Å². The van der Waals surface area contributed by atoms with Crippen molar-refractivity contribution in [3.8, 4) is 11.3 Å². The molecule has 0 aliphatic carbocycles. The highest BCUT2D eigenvalue weighted by atomic mass is 16.5. The van der Waals surface area contributed by atoms with Gasteiger partial charge in [0.2, 0.25) is 5.91 Å². The first-order valence-corrected chi connectivity index (χ1v) is 7.71. The van der Waals surface area contributed by atoms with Gasteiger partial charge < -0.3 is 20.1 Å². The number of carboxylic acids is 1. The van der Waals surface area contributed by atoms with Crippen LogP contribution in [0.3, 0.4) is 0 Å². The Morgan fingerprint density at radius 3 is 2.54 bits per heavy atom. The summed E-state index contributed by atoms with van der Waals surface area (Å²) in [5.41, 5.74) is 1.57. The molecule has 0 saturated heterocycles. The van der Waals surface area contributed by atoms with Gasteiger partial charge >= 0.3 is 5.97 Å². The third-order valence-electron chi connectivity index (χ3n) is 3.77. The summed E-state index contributed by atoms with van der Waals surface area (Å²) in [5, 5.41) is 11.8. The van der Waals surface area contributed by atoms with E-state index in [1.54, 1.807) is 0 Å². The molecule has 0 aliphatic rings. The fourth-order valence-corrected chi connectivity index (χ4v) is 2.43. The van der Waals surface area contributed by atoms with Crippen molar-refractivity contribution < 1.29 is 19.4 Å². The van der Waals surface area contributed by atoms with Gasteiger partial charge in [0.25, 0.3) is 0 Å². The van der Waals surface area contributed by atoms with Crippen molar-refractivity contribution in [2.75, 3.05) is 13.7 Å². The second-order valence-corrected chi connectivity index (χ2v) is 5.88. The lowest BCUT2D eigenvalue weighted by atomic mass is 10.0. The maximum atomic E-state index is 12.0. The van der Waals surface area contributed by atoms with Crippen molar-refractivity contribution in [1.82, 2.24) is 10.3 Å². The minimum Gasteiger partial charge on any atom is -0.479 e. The molecule has 2 aromatic rings. The van der Waals surface area contributed by atoms with Gasteiger partial charge in [0.15, 0.2) is 5.54 Å². The molecule has 1 atom stereocenters. The molecule has 6 nitrogen and oxygen atoms in total. The van der Waals surface area contributed by atoms with Gasteiger partial charge in [0, 0.05) is 24.9 Å². The van der Waals surface area contributed by atoms with Crippen LogP contribution in [0.15, 0.2) is 42.5 Å². The highest BCUT2D eigenvalue weighted by molar-refractivity contribution is 5.86. The number of amides is 1. The Kier molecular flexibility index (Phi) is 5.76. The topological polar surface area (TPSA) is 91.4 Å². The molecule has 1 unspecified atom stereocenters. The summed E-state index contributed by atoms with van der Waals surface area (Å²) >= 11 is 0. The predicted molar refractivity (Wildman–Crippen MR) is 90.6 cm³/mol. The lowest BCUT2D eigenvalue weighted by Crippen LogP contribution is -2.55. The Morgan fingerprint density at radius 1 is 1.21 bits per heavy atom. The van der Waals surface area contributed by atoms with Gasteiger partial charge in [0.1, 0.15) is 0 Å². The molecule has 1 aromatic carbocycles. The van der Waals surface area contributed by atoms with Gasteiger partial charge in [-0.05, 0) is 31.0 Å². The summed E-state index contributed by atoms with van der Waals surface area (Å²) in [6.45, 7) is 1.34. The number of H-pyrrole nitrogens is 1. The highest BCUT2D eigenvalue weighted by Crippen LogP contribution is 2.18. The Morgan fingerprint density at radius 2 is 1.92 bits per heavy atom. The number of carbonyl (C=O) groups excluding carboxylic acids is 1. The van der Waals surface area contributed by atoms with E-state index in [-0.39, 0.29) is 18.9 Å².